The van der Waals surface area contributed by atoms with Crippen LogP contribution in [0.4, 0.5) is 0 Å². The van der Waals surface area contributed by atoms with Crippen molar-refractivity contribution in [1.82, 2.24) is 15.5 Å². The van der Waals surface area contributed by atoms with Crippen LogP contribution in [0.3, 0.4) is 0 Å². The topological polar surface area (TPSA) is 145 Å². The van der Waals surface area contributed by atoms with Crippen LogP contribution in [-0.2, 0) is 23.9 Å². The van der Waals surface area contributed by atoms with Gasteiger partial charge in [-0.25, -0.2) is 0 Å². The Bertz CT molecular complexity index is 1090. The van der Waals surface area contributed by atoms with Gasteiger partial charge in [0.05, 0.1) is 12.5 Å². The smallest absolute Gasteiger partial charge is 0.306 e. The van der Waals surface area contributed by atoms with E-state index in [9.17, 15) is 29.4 Å². The maximum Gasteiger partial charge on any atom is 0.306 e. The van der Waals surface area contributed by atoms with Crippen molar-refractivity contribution in [1.29, 1.82) is 0 Å². The molecule has 41 heavy (non-hydrogen) atoms. The summed E-state index contributed by atoms with van der Waals surface area (Å²) in [5.74, 6) is -1.06. The number of allylic oxidation sites excluding steroid dienone is 1. The van der Waals surface area contributed by atoms with Crippen molar-refractivity contribution in [3.05, 3.63) is 11.6 Å². The Balaban J connectivity index is 1.13. The molecule has 0 aromatic carbocycles. The van der Waals surface area contributed by atoms with Gasteiger partial charge in [-0.1, -0.05) is 19.4 Å². The average molecular weight is 574 g/mol. The normalized spacial score (nSPS) is 38.7. The standard InChI is InChI=1S/C31H47N3O7/c1-29-9-7-21(35)17-20(29)3-4-22-23-8-10-31(40,30(23,2)18-24(36)28(22)29)25(37)19-41-27(39)6-5-26(38)33-13-16-34-14-11-32-12-15-34/h17,22-24,28,32,36,40H,3-16,18-19H2,1-2H3,(H,33,38)/t22-,23?,24-,28?,29-,30-,31-/m0/s1. The minimum atomic E-state index is -1.69. The highest BCUT2D eigenvalue weighted by Crippen LogP contribution is 2.67. The predicted octanol–water partition coefficient (Wildman–Crippen LogP) is 1.13. The lowest BCUT2D eigenvalue weighted by Crippen LogP contribution is -2.62. The summed E-state index contributed by atoms with van der Waals surface area (Å²) in [4.78, 5) is 52.3. The van der Waals surface area contributed by atoms with Gasteiger partial charge in [-0.2, -0.15) is 0 Å². The molecule has 10 heteroatoms. The van der Waals surface area contributed by atoms with Crippen molar-refractivity contribution in [2.75, 3.05) is 45.9 Å². The lowest BCUT2D eigenvalue weighted by Gasteiger charge is -2.60. The second-order valence-corrected chi connectivity index (χ2v) is 13.5. The fourth-order valence-corrected chi connectivity index (χ4v) is 9.08. The van der Waals surface area contributed by atoms with Crippen molar-refractivity contribution in [3.63, 3.8) is 0 Å². The van der Waals surface area contributed by atoms with Gasteiger partial charge in [0.2, 0.25) is 11.7 Å². The molecule has 1 heterocycles. The van der Waals surface area contributed by atoms with Crippen LogP contribution in [0, 0.1) is 28.6 Å². The van der Waals surface area contributed by atoms with Gasteiger partial charge < -0.3 is 25.6 Å². The monoisotopic (exact) mass is 573 g/mol. The van der Waals surface area contributed by atoms with E-state index in [1.54, 1.807) is 6.08 Å². The Labute approximate surface area is 242 Å². The summed E-state index contributed by atoms with van der Waals surface area (Å²) in [6.07, 6.45) is 5.02. The Morgan fingerprint density at radius 1 is 1.12 bits per heavy atom. The Kier molecular flexibility index (Phi) is 8.77. The van der Waals surface area contributed by atoms with Crippen LogP contribution in [0.1, 0.15) is 71.6 Å². The van der Waals surface area contributed by atoms with Gasteiger partial charge in [-0.15, -0.1) is 0 Å². The van der Waals surface area contributed by atoms with E-state index in [-0.39, 0.29) is 54.1 Å². The molecule has 5 aliphatic rings. The quantitative estimate of drug-likeness (QED) is 0.298. The van der Waals surface area contributed by atoms with Gasteiger partial charge in [0.25, 0.3) is 0 Å². The maximum atomic E-state index is 13.4. The number of aliphatic hydroxyl groups excluding tert-OH is 1. The first kappa shape index (κ1) is 30.3. The number of ketones is 2. The Morgan fingerprint density at radius 2 is 1.88 bits per heavy atom. The zero-order valence-corrected chi connectivity index (χ0v) is 24.6. The van der Waals surface area contributed by atoms with Crippen LogP contribution < -0.4 is 10.6 Å². The number of hydrogen-bond donors (Lipinski definition) is 4. The van der Waals surface area contributed by atoms with Crippen LogP contribution in [0.25, 0.3) is 0 Å². The molecule has 4 fully saturated rings. The predicted molar refractivity (Wildman–Crippen MR) is 151 cm³/mol. The SMILES string of the molecule is C[C@]12CCC(=O)C=C1CC[C@@H]1C2[C@@H](O)C[C@@]2(C)C1CC[C@]2(O)C(=O)COC(=O)CCC(=O)NCCN1CCNCC1. The number of nitrogens with one attached hydrogen (secondary N) is 2. The molecule has 5 rings (SSSR count). The number of ether oxygens (including phenoxy) is 1. The van der Waals surface area contributed by atoms with E-state index in [1.807, 2.05) is 6.92 Å². The molecule has 2 unspecified atom stereocenters. The Morgan fingerprint density at radius 3 is 2.63 bits per heavy atom. The molecule has 3 saturated carbocycles. The first-order chi connectivity index (χ1) is 19.5. The number of fused-ring (bicyclic) bond motifs is 5. The highest BCUT2D eigenvalue weighted by molar-refractivity contribution is 5.92. The summed E-state index contributed by atoms with van der Waals surface area (Å²) in [6, 6.07) is 0. The zero-order valence-electron chi connectivity index (χ0n) is 24.6. The first-order valence-electron chi connectivity index (χ1n) is 15.5. The fourth-order valence-electron chi connectivity index (χ4n) is 9.08. The number of rotatable bonds is 9. The molecule has 0 aromatic heterocycles. The number of carbonyl (C=O) groups is 4. The van der Waals surface area contributed by atoms with Crippen LogP contribution in [0.5, 0.6) is 0 Å². The molecular weight excluding hydrogens is 526 g/mol. The molecule has 4 N–H and O–H groups in total. The number of nitrogens with zero attached hydrogens (tertiary/aromatic N) is 1. The van der Waals surface area contributed by atoms with Crippen LogP contribution in [0.15, 0.2) is 11.6 Å². The van der Waals surface area contributed by atoms with Gasteiger partial charge in [-0.3, -0.25) is 24.1 Å². The zero-order chi connectivity index (χ0) is 29.4. The van der Waals surface area contributed by atoms with E-state index in [1.165, 1.54) is 0 Å². The third-order valence-electron chi connectivity index (χ3n) is 11.4. The summed E-state index contributed by atoms with van der Waals surface area (Å²) in [5, 5.41) is 29.4. The third kappa shape index (κ3) is 5.65. The van der Waals surface area contributed by atoms with Gasteiger partial charge in [0, 0.05) is 57.5 Å². The molecule has 0 bridgehead atoms. The van der Waals surface area contributed by atoms with Crippen molar-refractivity contribution in [3.8, 4) is 0 Å². The van der Waals surface area contributed by atoms with E-state index >= 15 is 0 Å². The first-order valence-corrected chi connectivity index (χ1v) is 15.5. The lowest BCUT2D eigenvalue weighted by atomic mass is 9.45. The largest absolute Gasteiger partial charge is 0.458 e. The van der Waals surface area contributed by atoms with E-state index in [0.29, 0.717) is 25.8 Å². The Hall–Kier alpha value is -2.14. The van der Waals surface area contributed by atoms with E-state index in [0.717, 1.165) is 57.6 Å². The van der Waals surface area contributed by atoms with Gasteiger partial charge in [-0.05, 0) is 67.8 Å². The molecule has 0 spiro atoms. The lowest BCUT2D eigenvalue weighted by molar-refractivity contribution is -0.184. The summed E-state index contributed by atoms with van der Waals surface area (Å²) < 4.78 is 5.24. The molecular formula is C31H47N3O7. The molecule has 1 amide bonds. The fraction of sp³-hybridized carbons (Fsp3) is 0.806. The minimum absolute atomic E-state index is 0.00744. The second-order valence-electron chi connectivity index (χ2n) is 13.5. The maximum absolute atomic E-state index is 13.4. The number of Topliss-reactive ketones (excluding diaryl/α,β-unsaturated/α-hetero) is 1. The number of hydrogen-bond acceptors (Lipinski definition) is 9. The van der Waals surface area contributed by atoms with Gasteiger partial charge in [0.15, 0.2) is 12.4 Å². The average Bonchev–Trinajstić information content (AvgIpc) is 3.22. The number of aliphatic hydroxyl groups is 2. The molecule has 7 atom stereocenters. The summed E-state index contributed by atoms with van der Waals surface area (Å²) in [7, 11) is 0. The number of piperazine rings is 1. The van der Waals surface area contributed by atoms with Gasteiger partial charge >= 0.3 is 5.97 Å². The van der Waals surface area contributed by atoms with Gasteiger partial charge in [0.1, 0.15) is 5.60 Å². The van der Waals surface area contributed by atoms with Crippen molar-refractivity contribution >= 4 is 23.4 Å². The van der Waals surface area contributed by atoms with E-state index < -0.39 is 35.5 Å². The highest BCUT2D eigenvalue weighted by Gasteiger charge is 2.68. The summed E-state index contributed by atoms with van der Waals surface area (Å²) >= 11 is 0. The van der Waals surface area contributed by atoms with Crippen molar-refractivity contribution in [2.45, 2.75) is 83.3 Å². The second kappa shape index (κ2) is 11.9. The minimum Gasteiger partial charge on any atom is -0.458 e. The molecule has 10 nitrogen and oxygen atoms in total. The third-order valence-corrected chi connectivity index (χ3v) is 11.4. The van der Waals surface area contributed by atoms with Crippen molar-refractivity contribution < 1.29 is 34.1 Å². The molecule has 4 aliphatic carbocycles. The molecule has 228 valence electrons. The summed E-state index contributed by atoms with van der Waals surface area (Å²) in [5.41, 5.74) is -1.62. The van der Waals surface area contributed by atoms with Crippen LogP contribution in [-0.4, -0.2) is 96.1 Å². The highest BCUT2D eigenvalue weighted by atomic mass is 16.5. The summed E-state index contributed by atoms with van der Waals surface area (Å²) in [6.45, 7) is 8.59. The molecule has 1 aliphatic heterocycles. The van der Waals surface area contributed by atoms with Crippen LogP contribution in [0.2, 0.25) is 0 Å². The number of esters is 1. The molecule has 0 radical (unpaired) electrons. The number of carbonyl (C=O) groups excluding carboxylic acids is 4. The van der Waals surface area contributed by atoms with Crippen molar-refractivity contribution in [2.24, 2.45) is 28.6 Å². The molecule has 1 saturated heterocycles. The molecule has 0 aromatic rings. The van der Waals surface area contributed by atoms with Crippen LogP contribution >= 0.6 is 0 Å². The number of amides is 1. The van der Waals surface area contributed by atoms with E-state index in [2.05, 4.69) is 22.5 Å². The van der Waals surface area contributed by atoms with E-state index in [4.69, 9.17) is 4.74 Å².